The number of para-hydroxylation sites is 1. The first kappa shape index (κ1) is 10.3. The first-order valence-electron chi connectivity index (χ1n) is 4.58. The quantitative estimate of drug-likeness (QED) is 0.392. The summed E-state index contributed by atoms with van der Waals surface area (Å²) >= 11 is 0. The van der Waals surface area contributed by atoms with Crippen LogP contribution in [0.25, 0.3) is 0 Å². The van der Waals surface area contributed by atoms with Crippen LogP contribution in [0.5, 0.6) is 0 Å². The second-order valence-corrected chi connectivity index (χ2v) is 3.47. The topological polar surface area (TPSA) is 80.5 Å². The third kappa shape index (κ3) is 1.27. The summed E-state index contributed by atoms with van der Waals surface area (Å²) in [5.41, 5.74) is 0.627. The predicted molar refractivity (Wildman–Crippen MR) is 55.0 cm³/mol. The lowest BCUT2D eigenvalue weighted by molar-refractivity contribution is -0.491. The number of carbonyl (C=O) groups is 2. The number of nitrogens with zero attached hydrogens (tertiary/aromatic N) is 2. The third-order valence-electron chi connectivity index (χ3n) is 2.55. The van der Waals surface area contributed by atoms with Crippen LogP contribution < -0.4 is 4.90 Å². The van der Waals surface area contributed by atoms with E-state index in [-0.39, 0.29) is 5.56 Å². The van der Waals surface area contributed by atoms with Crippen LogP contribution in [0.1, 0.15) is 10.4 Å². The van der Waals surface area contributed by atoms with Crippen molar-refractivity contribution in [1.29, 1.82) is 0 Å². The van der Waals surface area contributed by atoms with Gasteiger partial charge in [-0.05, 0) is 12.1 Å². The lowest BCUT2D eigenvalue weighted by Crippen LogP contribution is -2.50. The van der Waals surface area contributed by atoms with Crippen molar-refractivity contribution in [1.82, 2.24) is 0 Å². The molecule has 0 spiro atoms. The number of anilines is 1. The highest BCUT2D eigenvalue weighted by Crippen LogP contribution is 2.27. The Balaban J connectivity index is 2.60. The molecule has 0 saturated heterocycles. The van der Waals surface area contributed by atoms with E-state index >= 15 is 0 Å². The number of likely N-dealkylation sites (N-methyl/N-ethyl adjacent to an activating group) is 1. The molecule has 0 aliphatic carbocycles. The average molecular weight is 220 g/mol. The summed E-state index contributed by atoms with van der Waals surface area (Å²) in [5, 5.41) is 10.7. The molecule has 1 heterocycles. The van der Waals surface area contributed by atoms with Crippen molar-refractivity contribution in [2.45, 2.75) is 6.04 Å². The Kier molecular flexibility index (Phi) is 2.19. The standard InChI is InChI=1S/C10H8N2O4/c1-11-7-5-3-2-4-6(7)9(13)8(10(11)14)12(15)16/h2-5,8H,1H3/t8-/m1/s1. The largest absolute Gasteiger partial charge is 0.351 e. The van der Waals surface area contributed by atoms with Crippen LogP contribution in [0.2, 0.25) is 0 Å². The summed E-state index contributed by atoms with van der Waals surface area (Å²) in [4.78, 5) is 34.3. The lowest BCUT2D eigenvalue weighted by atomic mass is 9.96. The van der Waals surface area contributed by atoms with Crippen LogP contribution in [0.15, 0.2) is 24.3 Å². The molecule has 2 rings (SSSR count). The van der Waals surface area contributed by atoms with Crippen LogP contribution in [-0.4, -0.2) is 29.7 Å². The molecule has 1 aromatic rings. The highest BCUT2D eigenvalue weighted by atomic mass is 16.6. The fraction of sp³-hybridized carbons (Fsp3) is 0.200. The number of ketones is 1. The Labute approximate surface area is 90.6 Å². The van der Waals surface area contributed by atoms with E-state index in [4.69, 9.17) is 0 Å². The van der Waals surface area contributed by atoms with Crippen molar-refractivity contribution in [2.24, 2.45) is 0 Å². The van der Waals surface area contributed by atoms with Crippen LogP contribution in [-0.2, 0) is 4.79 Å². The molecule has 6 nitrogen and oxygen atoms in total. The fourth-order valence-electron chi connectivity index (χ4n) is 1.72. The van der Waals surface area contributed by atoms with Gasteiger partial charge in [0.05, 0.1) is 5.69 Å². The predicted octanol–water partition coefficient (Wildman–Crippen LogP) is 0.491. The molecule has 1 amide bonds. The SMILES string of the molecule is CN1C(=O)[C@H]([N+](=O)[O-])C(=O)c2ccccc21. The summed E-state index contributed by atoms with van der Waals surface area (Å²) in [6.07, 6.45) is 0. The molecule has 0 unspecified atom stereocenters. The van der Waals surface area contributed by atoms with E-state index < -0.39 is 22.7 Å². The van der Waals surface area contributed by atoms with Crippen molar-refractivity contribution in [2.75, 3.05) is 11.9 Å². The van der Waals surface area contributed by atoms with Gasteiger partial charge in [-0.1, -0.05) is 12.1 Å². The van der Waals surface area contributed by atoms with Crippen LogP contribution in [0.4, 0.5) is 5.69 Å². The maximum Gasteiger partial charge on any atom is 0.351 e. The van der Waals surface area contributed by atoms with Gasteiger partial charge in [0, 0.05) is 17.5 Å². The molecule has 6 heteroatoms. The number of carbonyl (C=O) groups excluding carboxylic acids is 2. The Morgan fingerprint density at radius 2 is 1.94 bits per heavy atom. The molecule has 0 N–H and O–H groups in total. The fourth-order valence-corrected chi connectivity index (χ4v) is 1.72. The summed E-state index contributed by atoms with van der Waals surface area (Å²) in [7, 11) is 1.42. The second kappa shape index (κ2) is 3.41. The lowest BCUT2D eigenvalue weighted by Gasteiger charge is -2.25. The van der Waals surface area contributed by atoms with Gasteiger partial charge in [0.2, 0.25) is 5.78 Å². The number of hydrogen-bond donors (Lipinski definition) is 0. The molecule has 1 aromatic carbocycles. The Bertz CT molecular complexity index is 497. The smallest absolute Gasteiger partial charge is 0.308 e. The average Bonchev–Trinajstić information content (AvgIpc) is 2.26. The number of hydrogen-bond acceptors (Lipinski definition) is 4. The van der Waals surface area contributed by atoms with Crippen LogP contribution >= 0.6 is 0 Å². The van der Waals surface area contributed by atoms with Gasteiger partial charge < -0.3 is 4.90 Å². The highest BCUT2D eigenvalue weighted by molar-refractivity contribution is 6.23. The van der Waals surface area contributed by atoms with Gasteiger partial charge in [-0.3, -0.25) is 19.7 Å². The summed E-state index contributed by atoms with van der Waals surface area (Å²) in [6.45, 7) is 0. The molecule has 0 aromatic heterocycles. The molecule has 1 atom stereocenters. The van der Waals surface area contributed by atoms with E-state index in [0.717, 1.165) is 4.90 Å². The van der Waals surface area contributed by atoms with E-state index in [1.165, 1.54) is 13.1 Å². The monoisotopic (exact) mass is 220 g/mol. The number of Topliss-reactive ketones (excluding diaryl/α,β-unsaturated/α-hetero) is 1. The van der Waals surface area contributed by atoms with Crippen molar-refractivity contribution in [3.8, 4) is 0 Å². The van der Waals surface area contributed by atoms with Gasteiger partial charge >= 0.3 is 11.9 Å². The zero-order valence-electron chi connectivity index (χ0n) is 8.41. The maximum absolute atomic E-state index is 11.7. The van der Waals surface area contributed by atoms with E-state index in [0.29, 0.717) is 5.69 Å². The Morgan fingerprint density at radius 3 is 2.56 bits per heavy atom. The van der Waals surface area contributed by atoms with E-state index in [9.17, 15) is 19.7 Å². The number of amides is 1. The van der Waals surface area contributed by atoms with Crippen molar-refractivity contribution in [3.63, 3.8) is 0 Å². The van der Waals surface area contributed by atoms with Gasteiger partial charge in [-0.15, -0.1) is 0 Å². The highest BCUT2D eigenvalue weighted by Gasteiger charge is 2.46. The first-order chi connectivity index (χ1) is 7.54. The van der Waals surface area contributed by atoms with Crippen LogP contribution in [0.3, 0.4) is 0 Å². The molecule has 1 aliphatic rings. The molecule has 0 fully saturated rings. The molecule has 0 radical (unpaired) electrons. The minimum absolute atomic E-state index is 0.214. The van der Waals surface area contributed by atoms with Gasteiger partial charge in [-0.2, -0.15) is 0 Å². The maximum atomic E-state index is 11.7. The minimum Gasteiger partial charge on any atom is -0.308 e. The molecule has 0 bridgehead atoms. The van der Waals surface area contributed by atoms with Crippen molar-refractivity contribution >= 4 is 17.4 Å². The first-order valence-corrected chi connectivity index (χ1v) is 4.58. The van der Waals surface area contributed by atoms with Gasteiger partial charge in [0.1, 0.15) is 0 Å². The molecule has 82 valence electrons. The summed E-state index contributed by atoms with van der Waals surface area (Å²) in [6, 6.07) is 4.54. The summed E-state index contributed by atoms with van der Waals surface area (Å²) < 4.78 is 0. The number of rotatable bonds is 1. The zero-order valence-corrected chi connectivity index (χ0v) is 8.41. The van der Waals surface area contributed by atoms with Gasteiger partial charge in [0.25, 0.3) is 0 Å². The van der Waals surface area contributed by atoms with Crippen molar-refractivity contribution in [3.05, 3.63) is 39.9 Å². The second-order valence-electron chi connectivity index (χ2n) is 3.47. The number of fused-ring (bicyclic) bond motifs is 1. The van der Waals surface area contributed by atoms with Gasteiger partial charge in [-0.25, -0.2) is 0 Å². The van der Waals surface area contributed by atoms with E-state index in [1.807, 2.05) is 0 Å². The number of benzene rings is 1. The molecule has 16 heavy (non-hydrogen) atoms. The third-order valence-corrected chi connectivity index (χ3v) is 2.55. The molecular formula is C10H8N2O4. The zero-order chi connectivity index (χ0) is 11.9. The minimum atomic E-state index is -1.81. The Morgan fingerprint density at radius 1 is 1.31 bits per heavy atom. The summed E-state index contributed by atoms with van der Waals surface area (Å²) in [5.74, 6) is -1.54. The normalized spacial score (nSPS) is 19.6. The molecular weight excluding hydrogens is 212 g/mol. The molecule has 0 saturated carbocycles. The van der Waals surface area contributed by atoms with E-state index in [1.54, 1.807) is 18.2 Å². The van der Waals surface area contributed by atoms with E-state index in [2.05, 4.69) is 0 Å². The van der Waals surface area contributed by atoms with Crippen molar-refractivity contribution < 1.29 is 14.5 Å². The number of nitro groups is 1. The Hall–Kier alpha value is -2.24. The molecule has 1 aliphatic heterocycles. The van der Waals surface area contributed by atoms with Crippen LogP contribution in [0, 0.1) is 10.1 Å². The van der Waals surface area contributed by atoms with Gasteiger partial charge in [0.15, 0.2) is 0 Å².